The van der Waals surface area contributed by atoms with Gasteiger partial charge >= 0.3 is 0 Å². The molecule has 2 heterocycles. The highest BCUT2D eigenvalue weighted by Gasteiger charge is 2.35. The molecule has 0 aliphatic carbocycles. The zero-order valence-electron chi connectivity index (χ0n) is 14.2. The van der Waals surface area contributed by atoms with E-state index >= 15 is 0 Å². The normalized spacial score (nSPS) is 18.3. The van der Waals surface area contributed by atoms with Gasteiger partial charge in [0.15, 0.2) is 11.5 Å². The van der Waals surface area contributed by atoms with E-state index in [1.165, 1.54) is 0 Å². The van der Waals surface area contributed by atoms with Crippen molar-refractivity contribution in [2.24, 2.45) is 0 Å². The predicted octanol–water partition coefficient (Wildman–Crippen LogP) is 3.54. The Labute approximate surface area is 155 Å². The van der Waals surface area contributed by atoms with Gasteiger partial charge in [-0.3, -0.25) is 14.5 Å². The van der Waals surface area contributed by atoms with E-state index in [9.17, 15) is 9.59 Å². The first-order valence-corrected chi connectivity index (χ1v) is 9.43. The fraction of sp³-hybridized carbons (Fsp3) is 0.263. The number of ether oxygens (including phenoxy) is 2. The number of carbonyl (C=O) groups excluding carboxylic acids is 2. The summed E-state index contributed by atoms with van der Waals surface area (Å²) < 4.78 is 10.8. The SMILES string of the molecule is CCC(=O)Nc1cccc([C@H]2SCC(=O)N2c2ccc3c(c2)OCO3)c1. The zero-order valence-corrected chi connectivity index (χ0v) is 15.0. The average molecular weight is 370 g/mol. The van der Waals surface area contributed by atoms with Crippen molar-refractivity contribution in [3.8, 4) is 11.5 Å². The molecule has 1 saturated heterocycles. The van der Waals surface area contributed by atoms with Crippen molar-refractivity contribution in [2.75, 3.05) is 22.8 Å². The van der Waals surface area contributed by atoms with Crippen LogP contribution in [0, 0.1) is 0 Å². The summed E-state index contributed by atoms with van der Waals surface area (Å²) in [6, 6.07) is 13.2. The minimum absolute atomic E-state index is 0.0371. The highest BCUT2D eigenvalue weighted by Crippen LogP contribution is 2.45. The number of fused-ring (bicyclic) bond motifs is 1. The number of hydrogen-bond donors (Lipinski definition) is 1. The summed E-state index contributed by atoms with van der Waals surface area (Å²) in [5.41, 5.74) is 2.48. The molecule has 1 atom stereocenters. The van der Waals surface area contributed by atoms with E-state index in [0.717, 1.165) is 16.9 Å². The summed E-state index contributed by atoms with van der Waals surface area (Å²) in [6.07, 6.45) is 0.421. The minimum Gasteiger partial charge on any atom is -0.454 e. The zero-order chi connectivity index (χ0) is 18.1. The molecule has 0 saturated carbocycles. The number of nitrogens with zero attached hydrogens (tertiary/aromatic N) is 1. The fourth-order valence-electron chi connectivity index (χ4n) is 3.00. The molecule has 0 unspecified atom stereocenters. The summed E-state index contributed by atoms with van der Waals surface area (Å²) in [7, 11) is 0. The van der Waals surface area contributed by atoms with Crippen LogP contribution >= 0.6 is 11.8 Å². The molecule has 2 aromatic carbocycles. The first-order chi connectivity index (χ1) is 12.7. The van der Waals surface area contributed by atoms with Gasteiger partial charge in [0.1, 0.15) is 5.37 Å². The highest BCUT2D eigenvalue weighted by atomic mass is 32.2. The molecule has 0 radical (unpaired) electrons. The molecule has 7 heteroatoms. The number of nitrogens with one attached hydrogen (secondary N) is 1. The number of amides is 2. The van der Waals surface area contributed by atoms with E-state index in [0.29, 0.717) is 23.7 Å². The molecular weight excluding hydrogens is 352 g/mol. The molecule has 134 valence electrons. The predicted molar refractivity (Wildman–Crippen MR) is 101 cm³/mol. The van der Waals surface area contributed by atoms with Gasteiger partial charge in [-0.05, 0) is 29.8 Å². The van der Waals surface area contributed by atoms with Gasteiger partial charge in [-0.15, -0.1) is 11.8 Å². The monoisotopic (exact) mass is 370 g/mol. The Hall–Kier alpha value is -2.67. The van der Waals surface area contributed by atoms with Crippen LogP contribution < -0.4 is 19.7 Å². The summed E-state index contributed by atoms with van der Waals surface area (Å²) in [5.74, 6) is 1.75. The van der Waals surface area contributed by atoms with E-state index in [1.54, 1.807) is 16.7 Å². The lowest BCUT2D eigenvalue weighted by Gasteiger charge is -2.25. The largest absolute Gasteiger partial charge is 0.454 e. The van der Waals surface area contributed by atoms with Crippen molar-refractivity contribution in [3.05, 3.63) is 48.0 Å². The van der Waals surface area contributed by atoms with Gasteiger partial charge in [0.25, 0.3) is 0 Å². The summed E-state index contributed by atoms with van der Waals surface area (Å²) in [6.45, 7) is 2.01. The van der Waals surface area contributed by atoms with E-state index < -0.39 is 0 Å². The second kappa shape index (κ2) is 6.92. The van der Waals surface area contributed by atoms with Crippen LogP contribution in [0.15, 0.2) is 42.5 Å². The topological polar surface area (TPSA) is 67.9 Å². The third kappa shape index (κ3) is 3.10. The Morgan fingerprint density at radius 3 is 2.92 bits per heavy atom. The van der Waals surface area contributed by atoms with Crippen molar-refractivity contribution in [2.45, 2.75) is 18.7 Å². The summed E-state index contributed by atoms with van der Waals surface area (Å²) >= 11 is 1.56. The number of anilines is 2. The van der Waals surface area contributed by atoms with E-state index in [1.807, 2.05) is 49.4 Å². The quantitative estimate of drug-likeness (QED) is 0.892. The van der Waals surface area contributed by atoms with Crippen LogP contribution in [-0.2, 0) is 9.59 Å². The lowest BCUT2D eigenvalue weighted by atomic mass is 10.1. The maximum absolute atomic E-state index is 12.5. The van der Waals surface area contributed by atoms with Crippen LogP contribution in [0.2, 0.25) is 0 Å². The molecule has 0 spiro atoms. The van der Waals surface area contributed by atoms with E-state index in [2.05, 4.69) is 5.32 Å². The Balaban J connectivity index is 1.64. The molecule has 0 aromatic heterocycles. The van der Waals surface area contributed by atoms with Crippen molar-refractivity contribution in [1.82, 2.24) is 0 Å². The molecule has 1 N–H and O–H groups in total. The number of hydrogen-bond acceptors (Lipinski definition) is 5. The first kappa shape index (κ1) is 16.8. The Morgan fingerprint density at radius 2 is 2.08 bits per heavy atom. The van der Waals surface area contributed by atoms with E-state index in [4.69, 9.17) is 9.47 Å². The van der Waals surface area contributed by atoms with Gasteiger partial charge < -0.3 is 14.8 Å². The minimum atomic E-state index is -0.152. The molecule has 2 aliphatic heterocycles. The molecule has 6 nitrogen and oxygen atoms in total. The maximum Gasteiger partial charge on any atom is 0.238 e. The van der Waals surface area contributed by atoms with Gasteiger partial charge in [0, 0.05) is 23.9 Å². The van der Waals surface area contributed by atoms with Gasteiger partial charge in [0.05, 0.1) is 5.75 Å². The van der Waals surface area contributed by atoms with Crippen molar-refractivity contribution >= 4 is 35.0 Å². The number of carbonyl (C=O) groups is 2. The maximum atomic E-state index is 12.5. The van der Waals surface area contributed by atoms with Gasteiger partial charge in [-0.2, -0.15) is 0 Å². The smallest absolute Gasteiger partial charge is 0.238 e. The molecule has 26 heavy (non-hydrogen) atoms. The Bertz CT molecular complexity index is 870. The molecule has 2 aromatic rings. The number of rotatable bonds is 4. The van der Waals surface area contributed by atoms with Gasteiger partial charge in [0.2, 0.25) is 18.6 Å². The molecule has 4 rings (SSSR count). The molecular formula is C19H18N2O4S. The van der Waals surface area contributed by atoms with E-state index in [-0.39, 0.29) is 24.0 Å². The Morgan fingerprint density at radius 1 is 1.23 bits per heavy atom. The van der Waals surface area contributed by atoms with Crippen molar-refractivity contribution in [1.29, 1.82) is 0 Å². The van der Waals surface area contributed by atoms with Crippen molar-refractivity contribution < 1.29 is 19.1 Å². The fourth-order valence-corrected chi connectivity index (χ4v) is 4.17. The summed E-state index contributed by atoms with van der Waals surface area (Å²) in [4.78, 5) is 26.0. The van der Waals surface area contributed by atoms with Gasteiger partial charge in [-0.25, -0.2) is 0 Å². The molecule has 2 aliphatic rings. The van der Waals surface area contributed by atoms with Crippen LogP contribution in [0.4, 0.5) is 11.4 Å². The lowest BCUT2D eigenvalue weighted by molar-refractivity contribution is -0.116. The highest BCUT2D eigenvalue weighted by molar-refractivity contribution is 8.00. The van der Waals surface area contributed by atoms with Crippen LogP contribution in [0.25, 0.3) is 0 Å². The van der Waals surface area contributed by atoms with Crippen LogP contribution in [0.1, 0.15) is 24.3 Å². The lowest BCUT2D eigenvalue weighted by Crippen LogP contribution is -2.27. The molecule has 2 amide bonds. The molecule has 1 fully saturated rings. The molecule has 0 bridgehead atoms. The second-order valence-electron chi connectivity index (χ2n) is 5.99. The van der Waals surface area contributed by atoms with Crippen LogP contribution in [-0.4, -0.2) is 24.4 Å². The van der Waals surface area contributed by atoms with Gasteiger partial charge in [-0.1, -0.05) is 19.1 Å². The second-order valence-corrected chi connectivity index (χ2v) is 7.06. The average Bonchev–Trinajstić information content (AvgIpc) is 3.27. The Kier molecular flexibility index (Phi) is 4.46. The number of benzene rings is 2. The summed E-state index contributed by atoms with van der Waals surface area (Å²) in [5, 5.41) is 2.72. The number of thioether (sulfide) groups is 1. The third-order valence-corrected chi connectivity index (χ3v) is 5.49. The standard InChI is InChI=1S/C19H18N2O4S/c1-2-17(22)20-13-5-3-4-12(8-13)19-21(18(23)10-26-19)14-6-7-15-16(9-14)25-11-24-15/h3-9,19H,2,10-11H2,1H3,(H,20,22)/t19-/m1/s1. The van der Waals surface area contributed by atoms with Crippen molar-refractivity contribution in [3.63, 3.8) is 0 Å². The van der Waals surface area contributed by atoms with Crippen LogP contribution in [0.5, 0.6) is 11.5 Å². The third-order valence-electron chi connectivity index (χ3n) is 4.28. The first-order valence-electron chi connectivity index (χ1n) is 8.39. The van der Waals surface area contributed by atoms with Crippen LogP contribution in [0.3, 0.4) is 0 Å².